The van der Waals surface area contributed by atoms with Crippen LogP contribution in [-0.2, 0) is 0 Å². The second-order valence-electron chi connectivity index (χ2n) is 6.23. The average Bonchev–Trinajstić information content (AvgIpc) is 2.48. The van der Waals surface area contributed by atoms with E-state index < -0.39 is 0 Å². The van der Waals surface area contributed by atoms with Crippen LogP contribution in [0.4, 0.5) is 5.82 Å². The Balaban J connectivity index is 2.62. The fourth-order valence-corrected chi connectivity index (χ4v) is 2.63. The van der Waals surface area contributed by atoms with Gasteiger partial charge in [-0.05, 0) is 43.0 Å². The zero-order valence-corrected chi connectivity index (χ0v) is 13.7. The van der Waals surface area contributed by atoms with Gasteiger partial charge in [-0.3, -0.25) is 0 Å². The van der Waals surface area contributed by atoms with E-state index in [0.717, 1.165) is 12.0 Å². The summed E-state index contributed by atoms with van der Waals surface area (Å²) < 4.78 is 0. The lowest BCUT2D eigenvalue weighted by atomic mass is 9.93. The van der Waals surface area contributed by atoms with E-state index in [0.29, 0.717) is 28.3 Å². The number of phenolic OH excluding ortho intramolecular Hbond substituents is 1. The lowest BCUT2D eigenvalue weighted by Crippen LogP contribution is -2.16. The van der Waals surface area contributed by atoms with Gasteiger partial charge in [-0.15, -0.1) is 0 Å². The molecule has 0 aliphatic carbocycles. The number of rotatable bonds is 4. The number of nitrogens with two attached hydrogens (primary N) is 2. The Kier molecular flexibility index (Phi) is 4.87. The molecule has 1 heterocycles. The van der Waals surface area contributed by atoms with E-state index in [-0.39, 0.29) is 17.6 Å². The first-order valence-electron chi connectivity index (χ1n) is 7.59. The summed E-state index contributed by atoms with van der Waals surface area (Å²) in [5, 5.41) is 19.5. The maximum atomic E-state index is 10.1. The summed E-state index contributed by atoms with van der Waals surface area (Å²) in [6.07, 6.45) is 0.734. The Morgan fingerprint density at radius 2 is 2.00 bits per heavy atom. The summed E-state index contributed by atoms with van der Waals surface area (Å²) in [5.41, 5.74) is 15.3. The van der Waals surface area contributed by atoms with Crippen molar-refractivity contribution >= 4 is 5.82 Å². The normalized spacial score (nSPS) is 12.2. The van der Waals surface area contributed by atoms with Gasteiger partial charge in [0.1, 0.15) is 17.6 Å². The topological polar surface area (TPSA) is 109 Å². The summed E-state index contributed by atoms with van der Waals surface area (Å²) >= 11 is 0. The first-order chi connectivity index (χ1) is 10.8. The number of nitriles is 1. The number of hydrogen-bond donors (Lipinski definition) is 3. The van der Waals surface area contributed by atoms with Crippen LogP contribution in [-0.4, -0.2) is 10.1 Å². The molecule has 1 atom stereocenters. The van der Waals surface area contributed by atoms with Crippen molar-refractivity contribution in [1.82, 2.24) is 4.98 Å². The second kappa shape index (κ2) is 6.67. The first-order valence-corrected chi connectivity index (χ1v) is 7.59. The molecule has 0 saturated carbocycles. The zero-order valence-electron chi connectivity index (χ0n) is 13.7. The summed E-state index contributed by atoms with van der Waals surface area (Å²) in [4.78, 5) is 4.28. The molecule has 1 aromatic carbocycles. The minimum atomic E-state index is -0.305. The molecule has 0 aliphatic heterocycles. The number of hydrogen-bond acceptors (Lipinski definition) is 5. The van der Waals surface area contributed by atoms with Crippen molar-refractivity contribution in [2.75, 3.05) is 5.73 Å². The van der Waals surface area contributed by atoms with Crippen molar-refractivity contribution in [3.8, 4) is 23.1 Å². The third-order valence-corrected chi connectivity index (χ3v) is 3.74. The minimum absolute atomic E-state index is 0.121. The molecule has 120 valence electrons. The van der Waals surface area contributed by atoms with Gasteiger partial charge in [-0.2, -0.15) is 5.26 Å². The van der Waals surface area contributed by atoms with Crippen LogP contribution in [0, 0.1) is 24.2 Å². The fourth-order valence-electron chi connectivity index (χ4n) is 2.63. The Hall–Kier alpha value is -2.58. The van der Waals surface area contributed by atoms with Crippen LogP contribution in [0.1, 0.15) is 43.0 Å². The molecule has 2 rings (SSSR count). The molecule has 0 aliphatic rings. The first kappa shape index (κ1) is 16.8. The van der Waals surface area contributed by atoms with E-state index in [1.165, 1.54) is 0 Å². The number of pyridine rings is 1. The second-order valence-corrected chi connectivity index (χ2v) is 6.23. The van der Waals surface area contributed by atoms with Crippen LogP contribution >= 0.6 is 0 Å². The van der Waals surface area contributed by atoms with E-state index >= 15 is 0 Å². The highest BCUT2D eigenvalue weighted by Crippen LogP contribution is 2.33. The number of phenols is 1. The van der Waals surface area contributed by atoms with Gasteiger partial charge in [0.15, 0.2) is 0 Å². The van der Waals surface area contributed by atoms with Crippen molar-refractivity contribution in [3.63, 3.8) is 0 Å². The molecule has 5 N–H and O–H groups in total. The summed E-state index contributed by atoms with van der Waals surface area (Å²) in [5.74, 6) is 0.650. The molecule has 0 bridgehead atoms. The molecule has 5 nitrogen and oxygen atoms in total. The monoisotopic (exact) mass is 310 g/mol. The standard InChI is InChI=1S/C18H22N4O/c1-10(2)6-15(20)12-8-16(22-18(21)14(12)9-19)13-7-11(3)4-5-17(13)23/h4-5,7-8,10,15,23H,6,20H2,1-3H3,(H2,21,22). The van der Waals surface area contributed by atoms with E-state index in [1.54, 1.807) is 12.1 Å². The van der Waals surface area contributed by atoms with Crippen molar-refractivity contribution in [1.29, 1.82) is 5.26 Å². The Morgan fingerprint density at radius 3 is 2.61 bits per heavy atom. The highest BCUT2D eigenvalue weighted by molar-refractivity contribution is 5.71. The van der Waals surface area contributed by atoms with E-state index in [2.05, 4.69) is 24.9 Å². The average molecular weight is 310 g/mol. The third-order valence-electron chi connectivity index (χ3n) is 3.74. The van der Waals surface area contributed by atoms with Gasteiger partial charge >= 0.3 is 0 Å². The maximum Gasteiger partial charge on any atom is 0.142 e. The van der Waals surface area contributed by atoms with Crippen molar-refractivity contribution in [2.45, 2.75) is 33.2 Å². The number of aryl methyl sites for hydroxylation is 1. The van der Waals surface area contributed by atoms with E-state index in [4.69, 9.17) is 11.5 Å². The maximum absolute atomic E-state index is 10.1. The molecular weight excluding hydrogens is 288 g/mol. The number of aromatic nitrogens is 1. The van der Waals surface area contributed by atoms with Gasteiger partial charge in [-0.1, -0.05) is 25.5 Å². The fraction of sp³-hybridized carbons (Fsp3) is 0.333. The predicted molar refractivity (Wildman–Crippen MR) is 91.6 cm³/mol. The number of nitrogen functional groups attached to an aromatic ring is 1. The number of anilines is 1. The molecule has 0 fully saturated rings. The molecule has 1 unspecified atom stereocenters. The summed E-state index contributed by atoms with van der Waals surface area (Å²) in [6, 6.07) is 8.82. The highest BCUT2D eigenvalue weighted by atomic mass is 16.3. The van der Waals surface area contributed by atoms with Crippen LogP contribution in [0.15, 0.2) is 24.3 Å². The summed E-state index contributed by atoms with van der Waals surface area (Å²) in [7, 11) is 0. The molecule has 2 aromatic rings. The van der Waals surface area contributed by atoms with Crippen LogP contribution in [0.5, 0.6) is 5.75 Å². The number of nitrogens with zero attached hydrogens (tertiary/aromatic N) is 2. The lowest BCUT2D eigenvalue weighted by molar-refractivity contribution is 0.477. The van der Waals surface area contributed by atoms with Gasteiger partial charge in [-0.25, -0.2) is 4.98 Å². The quantitative estimate of drug-likeness (QED) is 0.803. The van der Waals surface area contributed by atoms with Crippen molar-refractivity contribution < 1.29 is 5.11 Å². The van der Waals surface area contributed by atoms with Crippen molar-refractivity contribution in [2.24, 2.45) is 11.7 Å². The van der Waals surface area contributed by atoms with Gasteiger partial charge < -0.3 is 16.6 Å². The van der Waals surface area contributed by atoms with Crippen LogP contribution in [0.2, 0.25) is 0 Å². The summed E-state index contributed by atoms with van der Waals surface area (Å²) in [6.45, 7) is 6.08. The SMILES string of the molecule is Cc1ccc(O)c(-c2cc(C(N)CC(C)C)c(C#N)c(N)n2)c1. The Labute approximate surface area is 136 Å². The van der Waals surface area contributed by atoms with E-state index in [1.807, 2.05) is 19.1 Å². The largest absolute Gasteiger partial charge is 0.507 e. The molecule has 1 aromatic heterocycles. The number of benzene rings is 1. The van der Waals surface area contributed by atoms with Gasteiger partial charge in [0, 0.05) is 11.6 Å². The van der Waals surface area contributed by atoms with Crippen LogP contribution < -0.4 is 11.5 Å². The molecule has 0 radical (unpaired) electrons. The van der Waals surface area contributed by atoms with Gasteiger partial charge in [0.2, 0.25) is 0 Å². The Morgan fingerprint density at radius 1 is 1.30 bits per heavy atom. The molecule has 23 heavy (non-hydrogen) atoms. The van der Waals surface area contributed by atoms with Crippen LogP contribution in [0.3, 0.4) is 0 Å². The van der Waals surface area contributed by atoms with Gasteiger partial charge in [0.05, 0.1) is 11.3 Å². The lowest BCUT2D eigenvalue weighted by Gasteiger charge is -2.18. The number of aromatic hydroxyl groups is 1. The zero-order chi connectivity index (χ0) is 17.1. The smallest absolute Gasteiger partial charge is 0.142 e. The molecule has 0 amide bonds. The molecular formula is C18H22N4O. The van der Waals surface area contributed by atoms with Crippen molar-refractivity contribution in [3.05, 3.63) is 41.0 Å². The van der Waals surface area contributed by atoms with Gasteiger partial charge in [0.25, 0.3) is 0 Å². The minimum Gasteiger partial charge on any atom is -0.507 e. The molecule has 5 heteroatoms. The van der Waals surface area contributed by atoms with Crippen LogP contribution in [0.25, 0.3) is 11.3 Å². The van der Waals surface area contributed by atoms with E-state index in [9.17, 15) is 10.4 Å². The third kappa shape index (κ3) is 3.61. The predicted octanol–water partition coefficient (Wildman–Crippen LogP) is 3.26. The molecule has 0 saturated heterocycles. The Bertz CT molecular complexity index is 762. The molecule has 0 spiro atoms. The highest BCUT2D eigenvalue weighted by Gasteiger charge is 2.19.